The van der Waals surface area contributed by atoms with E-state index in [9.17, 15) is 0 Å². The fourth-order valence-electron chi connectivity index (χ4n) is 1.72. The summed E-state index contributed by atoms with van der Waals surface area (Å²) < 4.78 is 1.74. The Bertz CT molecular complexity index is 486. The molecule has 0 aliphatic rings. The van der Waals surface area contributed by atoms with Crippen LogP contribution in [0.1, 0.15) is 23.1 Å². The normalized spacial score (nSPS) is 12.7. The average molecular weight is 252 g/mol. The van der Waals surface area contributed by atoms with Gasteiger partial charge in [0.1, 0.15) is 0 Å². The second-order valence-corrected chi connectivity index (χ2v) is 4.21. The van der Waals surface area contributed by atoms with Gasteiger partial charge in [-0.15, -0.1) is 0 Å². The van der Waals surface area contributed by atoms with E-state index in [-0.39, 0.29) is 6.04 Å². The third-order valence-corrected chi connectivity index (χ3v) is 2.89. The Morgan fingerprint density at radius 3 is 2.53 bits per heavy atom. The van der Waals surface area contributed by atoms with Gasteiger partial charge in [0.05, 0.1) is 40.5 Å². The van der Waals surface area contributed by atoms with E-state index in [1.165, 1.54) is 0 Å². The maximum atomic E-state index is 6.13. The topological polar surface area (TPSA) is 55.6 Å². The van der Waals surface area contributed by atoms with Crippen molar-refractivity contribution in [3.8, 4) is 0 Å². The van der Waals surface area contributed by atoms with Crippen molar-refractivity contribution >= 4 is 11.6 Å². The number of aromatic nitrogens is 4. The lowest BCUT2D eigenvalue weighted by Crippen LogP contribution is -2.22. The Hall–Kier alpha value is -1.46. The van der Waals surface area contributed by atoms with Crippen molar-refractivity contribution in [3.63, 3.8) is 0 Å². The largest absolute Gasteiger partial charge is 0.307 e. The molecule has 0 fully saturated rings. The van der Waals surface area contributed by atoms with Gasteiger partial charge in [0.15, 0.2) is 0 Å². The van der Waals surface area contributed by atoms with E-state index in [0.717, 1.165) is 17.1 Å². The highest BCUT2D eigenvalue weighted by molar-refractivity contribution is 6.31. The summed E-state index contributed by atoms with van der Waals surface area (Å²) >= 11 is 6.13. The minimum Gasteiger partial charge on any atom is -0.307 e. The molecule has 5 nitrogen and oxygen atoms in total. The molecule has 0 saturated heterocycles. The van der Waals surface area contributed by atoms with Crippen molar-refractivity contribution in [1.29, 1.82) is 0 Å². The molecular weight excluding hydrogens is 238 g/mol. The van der Waals surface area contributed by atoms with Gasteiger partial charge in [0, 0.05) is 13.2 Å². The molecule has 17 heavy (non-hydrogen) atoms. The molecule has 2 heterocycles. The maximum absolute atomic E-state index is 6.13. The van der Waals surface area contributed by atoms with Crippen LogP contribution in [-0.2, 0) is 7.05 Å². The Kier molecular flexibility index (Phi) is 3.40. The predicted octanol–water partition coefficient (Wildman–Crippen LogP) is 1.48. The van der Waals surface area contributed by atoms with Gasteiger partial charge < -0.3 is 5.32 Å². The zero-order valence-electron chi connectivity index (χ0n) is 9.98. The summed E-state index contributed by atoms with van der Waals surface area (Å²) in [6.45, 7) is 1.90. The number of nitrogens with one attached hydrogen (secondary N) is 1. The number of halogens is 1. The first-order valence-electron chi connectivity index (χ1n) is 5.26. The van der Waals surface area contributed by atoms with Crippen LogP contribution in [0.25, 0.3) is 0 Å². The van der Waals surface area contributed by atoms with Crippen LogP contribution >= 0.6 is 11.6 Å². The van der Waals surface area contributed by atoms with E-state index >= 15 is 0 Å². The SMILES string of the molecule is CNC(c1cnc(C)cn1)c1c(Cl)cnn1C. The first-order valence-corrected chi connectivity index (χ1v) is 5.64. The standard InChI is InChI=1S/C11H14ClN5/c1-7-4-15-9(6-14-7)10(13-2)11-8(12)5-16-17(11)3/h4-6,10,13H,1-3H3. The molecule has 2 rings (SSSR count). The van der Waals surface area contributed by atoms with Crippen LogP contribution < -0.4 is 5.32 Å². The van der Waals surface area contributed by atoms with Gasteiger partial charge >= 0.3 is 0 Å². The van der Waals surface area contributed by atoms with E-state index in [0.29, 0.717) is 5.02 Å². The van der Waals surface area contributed by atoms with Crippen LogP contribution in [0.4, 0.5) is 0 Å². The highest BCUT2D eigenvalue weighted by atomic mass is 35.5. The molecule has 0 amide bonds. The minimum atomic E-state index is -0.108. The third kappa shape index (κ3) is 2.30. The second-order valence-electron chi connectivity index (χ2n) is 3.81. The first kappa shape index (κ1) is 12.0. The van der Waals surface area contributed by atoms with Crippen LogP contribution in [0.2, 0.25) is 5.02 Å². The molecule has 0 aliphatic heterocycles. The van der Waals surface area contributed by atoms with Crippen molar-refractivity contribution in [3.05, 3.63) is 40.7 Å². The highest BCUT2D eigenvalue weighted by Gasteiger charge is 2.20. The summed E-state index contributed by atoms with van der Waals surface area (Å²) in [6, 6.07) is -0.108. The zero-order chi connectivity index (χ0) is 12.4. The molecule has 90 valence electrons. The number of rotatable bonds is 3. The molecule has 2 aromatic heterocycles. The fourth-order valence-corrected chi connectivity index (χ4v) is 2.00. The van der Waals surface area contributed by atoms with E-state index < -0.39 is 0 Å². The average Bonchev–Trinajstić information content (AvgIpc) is 2.64. The highest BCUT2D eigenvalue weighted by Crippen LogP contribution is 2.25. The lowest BCUT2D eigenvalue weighted by atomic mass is 10.1. The summed E-state index contributed by atoms with van der Waals surface area (Å²) in [4.78, 5) is 8.60. The van der Waals surface area contributed by atoms with Crippen molar-refractivity contribution in [2.75, 3.05) is 7.05 Å². The summed E-state index contributed by atoms with van der Waals surface area (Å²) in [5, 5.41) is 7.92. The van der Waals surface area contributed by atoms with E-state index in [2.05, 4.69) is 20.4 Å². The number of hydrogen-bond acceptors (Lipinski definition) is 4. The monoisotopic (exact) mass is 251 g/mol. The quantitative estimate of drug-likeness (QED) is 0.898. The third-order valence-electron chi connectivity index (χ3n) is 2.60. The zero-order valence-corrected chi connectivity index (χ0v) is 10.7. The lowest BCUT2D eigenvalue weighted by Gasteiger charge is -2.16. The molecule has 0 spiro atoms. The van der Waals surface area contributed by atoms with Gasteiger partial charge in [-0.3, -0.25) is 14.6 Å². The molecule has 6 heteroatoms. The van der Waals surface area contributed by atoms with Gasteiger partial charge in [0.2, 0.25) is 0 Å². The van der Waals surface area contributed by atoms with Gasteiger partial charge in [-0.1, -0.05) is 11.6 Å². The van der Waals surface area contributed by atoms with Gasteiger partial charge in [-0.05, 0) is 14.0 Å². The van der Waals surface area contributed by atoms with E-state index in [1.807, 2.05) is 21.0 Å². The Balaban J connectivity index is 2.43. The van der Waals surface area contributed by atoms with Crippen LogP contribution in [-0.4, -0.2) is 26.8 Å². The molecule has 1 atom stereocenters. The van der Waals surface area contributed by atoms with Crippen LogP contribution in [0.15, 0.2) is 18.6 Å². The summed E-state index contributed by atoms with van der Waals surface area (Å²) in [6.07, 6.45) is 5.12. The van der Waals surface area contributed by atoms with Gasteiger partial charge in [-0.2, -0.15) is 5.10 Å². The number of nitrogens with zero attached hydrogens (tertiary/aromatic N) is 4. The molecule has 0 bridgehead atoms. The smallest absolute Gasteiger partial charge is 0.0950 e. The minimum absolute atomic E-state index is 0.108. The summed E-state index contributed by atoms with van der Waals surface area (Å²) in [7, 11) is 3.71. The molecule has 0 aromatic carbocycles. The molecule has 0 saturated carbocycles. The van der Waals surface area contributed by atoms with Crippen LogP contribution in [0, 0.1) is 6.92 Å². The molecule has 0 radical (unpaired) electrons. The summed E-state index contributed by atoms with van der Waals surface area (Å²) in [5.74, 6) is 0. The van der Waals surface area contributed by atoms with E-state index in [1.54, 1.807) is 23.3 Å². The van der Waals surface area contributed by atoms with Gasteiger partial charge in [-0.25, -0.2) is 0 Å². The lowest BCUT2D eigenvalue weighted by molar-refractivity contribution is 0.592. The first-order chi connectivity index (χ1) is 8.13. The fraction of sp³-hybridized carbons (Fsp3) is 0.364. The maximum Gasteiger partial charge on any atom is 0.0950 e. The van der Waals surface area contributed by atoms with Crippen molar-refractivity contribution in [1.82, 2.24) is 25.1 Å². The second kappa shape index (κ2) is 4.81. The Morgan fingerprint density at radius 1 is 1.29 bits per heavy atom. The number of hydrogen-bond donors (Lipinski definition) is 1. The Morgan fingerprint density at radius 2 is 2.06 bits per heavy atom. The predicted molar refractivity (Wildman–Crippen MR) is 65.9 cm³/mol. The van der Waals surface area contributed by atoms with Crippen molar-refractivity contribution in [2.24, 2.45) is 7.05 Å². The summed E-state index contributed by atoms with van der Waals surface area (Å²) in [5.41, 5.74) is 2.59. The van der Waals surface area contributed by atoms with Crippen molar-refractivity contribution < 1.29 is 0 Å². The van der Waals surface area contributed by atoms with Crippen LogP contribution in [0.3, 0.4) is 0 Å². The van der Waals surface area contributed by atoms with Crippen LogP contribution in [0.5, 0.6) is 0 Å². The van der Waals surface area contributed by atoms with Crippen molar-refractivity contribution in [2.45, 2.75) is 13.0 Å². The molecule has 2 aromatic rings. The van der Waals surface area contributed by atoms with Gasteiger partial charge in [0.25, 0.3) is 0 Å². The molecule has 1 unspecified atom stereocenters. The Labute approximate surface area is 105 Å². The molecular formula is C11H14ClN5. The number of aryl methyl sites for hydroxylation is 2. The molecule has 0 aliphatic carbocycles. The van der Waals surface area contributed by atoms with E-state index in [4.69, 9.17) is 11.6 Å². The molecule has 1 N–H and O–H groups in total.